The van der Waals surface area contributed by atoms with Crippen LogP contribution < -0.4 is 0 Å². The van der Waals surface area contributed by atoms with Crippen molar-refractivity contribution in [2.45, 2.75) is 6.04 Å². The summed E-state index contributed by atoms with van der Waals surface area (Å²) in [7, 11) is 0. The lowest BCUT2D eigenvalue weighted by Gasteiger charge is -2.07. The van der Waals surface area contributed by atoms with E-state index in [4.69, 9.17) is 5.26 Å². The van der Waals surface area contributed by atoms with Gasteiger partial charge in [-0.3, -0.25) is 4.79 Å². The van der Waals surface area contributed by atoms with Gasteiger partial charge in [0, 0.05) is 5.56 Å². The van der Waals surface area contributed by atoms with E-state index in [1.807, 2.05) is 12.1 Å². The Labute approximate surface area is 92.0 Å². The zero-order valence-corrected chi connectivity index (χ0v) is 8.32. The average Bonchev–Trinajstić information content (AvgIpc) is 2.85. The number of nitrogens with zero attached hydrogens (tertiary/aromatic N) is 4. The van der Waals surface area contributed by atoms with Gasteiger partial charge in [0.15, 0.2) is 0 Å². The zero-order valence-electron chi connectivity index (χ0n) is 8.32. The minimum absolute atomic E-state index is 0.284. The van der Waals surface area contributed by atoms with E-state index in [1.54, 1.807) is 24.3 Å². The second-order valence-electron chi connectivity index (χ2n) is 3.14. The molecule has 1 aromatic heterocycles. The molecule has 1 unspecified atom stereocenters. The van der Waals surface area contributed by atoms with Gasteiger partial charge in [0.2, 0.25) is 11.8 Å². The quantitative estimate of drug-likeness (QED) is 0.717. The molecule has 0 N–H and O–H groups in total. The summed E-state index contributed by atoms with van der Waals surface area (Å²) < 4.78 is 1.25. The lowest BCUT2D eigenvalue weighted by Crippen LogP contribution is -2.18. The Morgan fingerprint density at radius 3 is 2.69 bits per heavy atom. The van der Waals surface area contributed by atoms with Crippen molar-refractivity contribution in [3.8, 4) is 6.07 Å². The lowest BCUT2D eigenvalue weighted by atomic mass is 10.1. The summed E-state index contributed by atoms with van der Waals surface area (Å²) in [4.78, 5) is 15.7. The van der Waals surface area contributed by atoms with Crippen LogP contribution in [0.4, 0.5) is 0 Å². The number of Topliss-reactive ketones (excluding diaryl/α,β-unsaturated/α-hetero) is 1. The number of hydrogen-bond donors (Lipinski definition) is 0. The van der Waals surface area contributed by atoms with Crippen LogP contribution in [0.3, 0.4) is 0 Å². The van der Waals surface area contributed by atoms with Crippen LogP contribution >= 0.6 is 0 Å². The molecule has 0 aliphatic heterocycles. The third-order valence-electron chi connectivity index (χ3n) is 2.13. The van der Waals surface area contributed by atoms with Crippen LogP contribution in [0.2, 0.25) is 0 Å². The molecular formula is C11H8N4O. The highest BCUT2D eigenvalue weighted by atomic mass is 16.1. The third-order valence-corrected chi connectivity index (χ3v) is 2.13. The van der Waals surface area contributed by atoms with Gasteiger partial charge in [0.1, 0.15) is 12.7 Å². The number of carbonyl (C=O) groups is 1. The molecule has 0 bridgehead atoms. The van der Waals surface area contributed by atoms with Crippen molar-refractivity contribution in [3.63, 3.8) is 0 Å². The van der Waals surface area contributed by atoms with Crippen molar-refractivity contribution < 1.29 is 4.79 Å². The number of aromatic nitrogens is 3. The topological polar surface area (TPSA) is 71.6 Å². The van der Waals surface area contributed by atoms with Gasteiger partial charge in [0.05, 0.1) is 6.07 Å². The predicted molar refractivity (Wildman–Crippen MR) is 55.4 cm³/mol. The molecular weight excluding hydrogens is 204 g/mol. The Hall–Kier alpha value is -2.48. The summed E-state index contributed by atoms with van der Waals surface area (Å²) >= 11 is 0. The molecule has 0 spiro atoms. The van der Waals surface area contributed by atoms with Crippen LogP contribution in [0.5, 0.6) is 0 Å². The lowest BCUT2D eigenvalue weighted by molar-refractivity contribution is 0.0947. The van der Waals surface area contributed by atoms with Gasteiger partial charge in [-0.15, -0.1) is 0 Å². The van der Waals surface area contributed by atoms with Crippen molar-refractivity contribution in [2.24, 2.45) is 0 Å². The van der Waals surface area contributed by atoms with Crippen LogP contribution in [0.15, 0.2) is 43.0 Å². The maximum absolute atomic E-state index is 12.0. The normalized spacial score (nSPS) is 11.7. The minimum atomic E-state index is -0.954. The van der Waals surface area contributed by atoms with Crippen molar-refractivity contribution in [1.82, 2.24) is 14.8 Å². The third kappa shape index (κ3) is 1.81. The number of ketones is 1. The Balaban J connectivity index is 2.31. The van der Waals surface area contributed by atoms with Gasteiger partial charge in [-0.25, -0.2) is 9.67 Å². The van der Waals surface area contributed by atoms with E-state index in [-0.39, 0.29) is 5.78 Å². The molecule has 2 rings (SSSR count). The second-order valence-corrected chi connectivity index (χ2v) is 3.14. The Kier molecular flexibility index (Phi) is 2.74. The fourth-order valence-corrected chi connectivity index (χ4v) is 1.35. The molecule has 0 saturated carbocycles. The van der Waals surface area contributed by atoms with E-state index >= 15 is 0 Å². The molecule has 2 aromatic rings. The summed E-state index contributed by atoms with van der Waals surface area (Å²) in [6, 6.07) is 9.62. The SMILES string of the molecule is N#CC(C(=O)c1ccccc1)n1cncn1. The molecule has 1 aromatic carbocycles. The maximum Gasteiger partial charge on any atom is 0.202 e. The Morgan fingerprint density at radius 2 is 2.12 bits per heavy atom. The number of benzene rings is 1. The van der Waals surface area contributed by atoms with Gasteiger partial charge in [0.25, 0.3) is 0 Å². The highest BCUT2D eigenvalue weighted by Crippen LogP contribution is 2.11. The van der Waals surface area contributed by atoms with Gasteiger partial charge >= 0.3 is 0 Å². The number of hydrogen-bond acceptors (Lipinski definition) is 4. The predicted octanol–water partition coefficient (Wildman–Crippen LogP) is 1.23. The van der Waals surface area contributed by atoms with Crippen molar-refractivity contribution in [2.75, 3.05) is 0 Å². The first-order valence-corrected chi connectivity index (χ1v) is 4.66. The highest BCUT2D eigenvalue weighted by molar-refractivity contribution is 6.00. The van der Waals surface area contributed by atoms with Gasteiger partial charge in [-0.2, -0.15) is 10.4 Å². The fourth-order valence-electron chi connectivity index (χ4n) is 1.35. The molecule has 0 fully saturated rings. The van der Waals surface area contributed by atoms with Gasteiger partial charge < -0.3 is 0 Å². The zero-order chi connectivity index (χ0) is 11.4. The first-order valence-electron chi connectivity index (χ1n) is 4.66. The van der Waals surface area contributed by atoms with E-state index in [0.717, 1.165) is 0 Å². The molecule has 78 valence electrons. The molecule has 5 heteroatoms. The molecule has 1 heterocycles. The largest absolute Gasteiger partial charge is 0.291 e. The first-order chi connectivity index (χ1) is 7.83. The molecule has 0 aliphatic rings. The average molecular weight is 212 g/mol. The fraction of sp³-hybridized carbons (Fsp3) is 0.0909. The van der Waals surface area contributed by atoms with E-state index in [1.165, 1.54) is 17.3 Å². The molecule has 1 atom stereocenters. The summed E-state index contributed by atoms with van der Waals surface area (Å²) in [6.45, 7) is 0. The standard InChI is InChI=1S/C11H8N4O/c12-6-10(15-8-13-7-14-15)11(16)9-4-2-1-3-5-9/h1-5,7-8,10H. The van der Waals surface area contributed by atoms with Crippen LogP contribution in [0, 0.1) is 11.3 Å². The number of carbonyl (C=O) groups excluding carboxylic acids is 1. The molecule has 0 radical (unpaired) electrons. The van der Waals surface area contributed by atoms with Crippen LogP contribution in [-0.2, 0) is 0 Å². The molecule has 16 heavy (non-hydrogen) atoms. The second kappa shape index (κ2) is 4.36. The smallest absolute Gasteiger partial charge is 0.202 e. The molecule has 5 nitrogen and oxygen atoms in total. The van der Waals surface area contributed by atoms with E-state index in [0.29, 0.717) is 5.56 Å². The minimum Gasteiger partial charge on any atom is -0.291 e. The first kappa shape index (κ1) is 10.1. The maximum atomic E-state index is 12.0. The summed E-state index contributed by atoms with van der Waals surface area (Å²) in [5.41, 5.74) is 0.490. The Morgan fingerprint density at radius 1 is 1.38 bits per heavy atom. The summed E-state index contributed by atoms with van der Waals surface area (Å²) in [5, 5.41) is 12.8. The van der Waals surface area contributed by atoms with Crippen molar-refractivity contribution >= 4 is 5.78 Å². The molecule has 0 aliphatic carbocycles. The van der Waals surface area contributed by atoms with Gasteiger partial charge in [-0.1, -0.05) is 30.3 Å². The van der Waals surface area contributed by atoms with Crippen LogP contribution in [-0.4, -0.2) is 20.5 Å². The van der Waals surface area contributed by atoms with Crippen LogP contribution in [0.25, 0.3) is 0 Å². The summed E-state index contributed by atoms with van der Waals surface area (Å²) in [5.74, 6) is -0.284. The van der Waals surface area contributed by atoms with E-state index in [2.05, 4.69) is 10.1 Å². The van der Waals surface area contributed by atoms with E-state index in [9.17, 15) is 4.79 Å². The van der Waals surface area contributed by atoms with Crippen LogP contribution in [0.1, 0.15) is 16.4 Å². The molecule has 0 amide bonds. The number of nitriles is 1. The van der Waals surface area contributed by atoms with Gasteiger partial charge in [-0.05, 0) is 0 Å². The monoisotopic (exact) mass is 212 g/mol. The van der Waals surface area contributed by atoms with Crippen molar-refractivity contribution in [3.05, 3.63) is 48.5 Å². The van der Waals surface area contributed by atoms with E-state index < -0.39 is 6.04 Å². The summed E-state index contributed by atoms with van der Waals surface area (Å²) in [6.07, 6.45) is 2.65. The molecule has 0 saturated heterocycles. The number of rotatable bonds is 3. The highest BCUT2D eigenvalue weighted by Gasteiger charge is 2.21. The van der Waals surface area contributed by atoms with Crippen molar-refractivity contribution in [1.29, 1.82) is 5.26 Å². The Bertz CT molecular complexity index is 513.